The number of carbonyl (C=O) groups is 2. The Morgan fingerprint density at radius 2 is 1.87 bits per heavy atom. The summed E-state index contributed by atoms with van der Waals surface area (Å²) in [5.41, 5.74) is 0.348. The highest BCUT2D eigenvalue weighted by atomic mass is 16.4. The number of fused-ring (bicyclic) bond motifs is 5. The first-order valence-electron chi connectivity index (χ1n) is 9.25. The summed E-state index contributed by atoms with van der Waals surface area (Å²) >= 11 is 0. The van der Waals surface area contributed by atoms with Crippen LogP contribution in [0.2, 0.25) is 0 Å². The van der Waals surface area contributed by atoms with Gasteiger partial charge in [0, 0.05) is 19.1 Å². The molecule has 4 atom stereocenters. The van der Waals surface area contributed by atoms with Crippen molar-refractivity contribution in [3.05, 3.63) is 0 Å². The molecular weight excluding hydrogens is 292 g/mol. The van der Waals surface area contributed by atoms with E-state index in [1.165, 1.54) is 19.3 Å². The second-order valence-electron chi connectivity index (χ2n) is 8.60. The largest absolute Gasteiger partial charge is 0.481 e. The Hall–Kier alpha value is -1.26. The monoisotopic (exact) mass is 320 g/mol. The zero-order chi connectivity index (χ0) is 16.2. The van der Waals surface area contributed by atoms with E-state index in [-0.39, 0.29) is 18.0 Å². The predicted octanol–water partition coefficient (Wildman–Crippen LogP) is 2.71. The van der Waals surface area contributed by atoms with Gasteiger partial charge in [-0.25, -0.2) is 4.79 Å². The van der Waals surface area contributed by atoms with Crippen LogP contribution >= 0.6 is 0 Å². The van der Waals surface area contributed by atoms with Crippen molar-refractivity contribution in [3.63, 3.8) is 0 Å². The summed E-state index contributed by atoms with van der Waals surface area (Å²) in [6.45, 7) is 4.23. The average Bonchev–Trinajstić information content (AvgIpc) is 3.18. The van der Waals surface area contributed by atoms with Crippen molar-refractivity contribution in [1.29, 1.82) is 0 Å². The first kappa shape index (κ1) is 15.3. The van der Waals surface area contributed by atoms with Gasteiger partial charge in [0.1, 0.15) is 0 Å². The number of hydrogen-bond acceptors (Lipinski definition) is 2. The van der Waals surface area contributed by atoms with Crippen LogP contribution in [0.3, 0.4) is 0 Å². The van der Waals surface area contributed by atoms with Crippen LogP contribution in [0, 0.1) is 29.1 Å². The van der Waals surface area contributed by atoms with Crippen molar-refractivity contribution in [1.82, 2.24) is 10.2 Å². The molecule has 128 valence electrons. The molecule has 23 heavy (non-hydrogen) atoms. The van der Waals surface area contributed by atoms with E-state index in [2.05, 4.69) is 12.2 Å². The molecule has 5 heteroatoms. The van der Waals surface area contributed by atoms with Crippen LogP contribution in [-0.2, 0) is 4.79 Å². The molecule has 0 spiro atoms. The maximum atomic E-state index is 12.6. The zero-order valence-corrected chi connectivity index (χ0v) is 14.0. The molecule has 5 nitrogen and oxygen atoms in total. The summed E-state index contributed by atoms with van der Waals surface area (Å²) in [6.07, 6.45) is 7.06. The summed E-state index contributed by atoms with van der Waals surface area (Å²) in [4.78, 5) is 25.7. The molecule has 2 bridgehead atoms. The molecule has 0 aromatic carbocycles. The normalized spacial score (nSPS) is 45.1. The molecule has 3 aliphatic carbocycles. The van der Waals surface area contributed by atoms with E-state index >= 15 is 0 Å². The molecule has 3 saturated carbocycles. The minimum Gasteiger partial charge on any atom is -0.481 e. The van der Waals surface area contributed by atoms with Crippen molar-refractivity contribution in [3.8, 4) is 0 Å². The lowest BCUT2D eigenvalue weighted by Crippen LogP contribution is -2.46. The molecule has 0 aromatic rings. The molecule has 2 N–H and O–H groups in total. The highest BCUT2D eigenvalue weighted by Gasteiger charge is 2.59. The molecule has 4 rings (SSSR count). The lowest BCUT2D eigenvalue weighted by molar-refractivity contribution is -0.142. The van der Waals surface area contributed by atoms with Gasteiger partial charge in [-0.1, -0.05) is 6.92 Å². The topological polar surface area (TPSA) is 69.6 Å². The van der Waals surface area contributed by atoms with E-state index in [9.17, 15) is 9.59 Å². The third kappa shape index (κ3) is 2.43. The average molecular weight is 320 g/mol. The highest BCUT2D eigenvalue weighted by Crippen LogP contribution is 2.62. The number of rotatable bonds is 2. The SMILES string of the molecule is C[C@]12CN(C(=O)NC3CCC(C(=O)O)CC3)CC1[C@@H]1CC[C@H]2C1. The van der Waals surface area contributed by atoms with Crippen LogP contribution in [0.25, 0.3) is 0 Å². The Balaban J connectivity index is 1.32. The van der Waals surface area contributed by atoms with Gasteiger partial charge in [-0.15, -0.1) is 0 Å². The molecule has 1 heterocycles. The van der Waals surface area contributed by atoms with E-state index in [1.54, 1.807) is 0 Å². The minimum atomic E-state index is -0.689. The van der Waals surface area contributed by atoms with Crippen molar-refractivity contribution in [2.24, 2.45) is 29.1 Å². The van der Waals surface area contributed by atoms with Crippen LogP contribution in [0.4, 0.5) is 4.79 Å². The van der Waals surface area contributed by atoms with E-state index in [4.69, 9.17) is 5.11 Å². The lowest BCUT2D eigenvalue weighted by atomic mass is 9.70. The standard InChI is InChI=1S/C18H28N2O3/c1-18-10-20(9-15(18)12-2-5-13(18)8-12)17(23)19-14-6-3-11(4-7-14)16(21)22/h11-15H,2-10H2,1H3,(H,19,23)(H,21,22)/t11?,12-,13+,14?,15?,18-/m1/s1. The van der Waals surface area contributed by atoms with E-state index in [0.29, 0.717) is 24.2 Å². The number of carbonyl (C=O) groups excluding carboxylic acids is 1. The number of carboxylic acid groups (broad SMARTS) is 1. The number of aliphatic carboxylic acids is 1. The molecule has 0 radical (unpaired) electrons. The van der Waals surface area contributed by atoms with Gasteiger partial charge in [0.15, 0.2) is 0 Å². The first-order valence-corrected chi connectivity index (χ1v) is 9.25. The molecular formula is C18H28N2O3. The Bertz CT molecular complexity index is 514. The van der Waals surface area contributed by atoms with E-state index in [1.807, 2.05) is 4.90 Å². The van der Waals surface area contributed by atoms with Gasteiger partial charge in [0.25, 0.3) is 0 Å². The fourth-order valence-corrected chi connectivity index (χ4v) is 6.04. The Labute approximate surface area is 137 Å². The highest BCUT2D eigenvalue weighted by molar-refractivity contribution is 5.75. The molecule has 1 aliphatic heterocycles. The molecule has 4 aliphatic rings. The van der Waals surface area contributed by atoms with Gasteiger partial charge in [-0.05, 0) is 68.1 Å². The van der Waals surface area contributed by atoms with Crippen LogP contribution in [0.15, 0.2) is 0 Å². The second-order valence-corrected chi connectivity index (χ2v) is 8.60. The quantitative estimate of drug-likeness (QED) is 0.822. The van der Waals surface area contributed by atoms with Crippen molar-refractivity contribution < 1.29 is 14.7 Å². The van der Waals surface area contributed by atoms with Crippen molar-refractivity contribution >= 4 is 12.0 Å². The Morgan fingerprint density at radius 1 is 1.13 bits per heavy atom. The first-order chi connectivity index (χ1) is 11.0. The molecule has 4 fully saturated rings. The number of nitrogens with one attached hydrogen (secondary N) is 1. The predicted molar refractivity (Wildman–Crippen MR) is 85.9 cm³/mol. The maximum Gasteiger partial charge on any atom is 0.317 e. The maximum absolute atomic E-state index is 12.6. The summed E-state index contributed by atoms with van der Waals surface area (Å²) in [6, 6.07) is 0.238. The van der Waals surface area contributed by atoms with Crippen molar-refractivity contribution in [2.45, 2.75) is 57.9 Å². The number of carboxylic acids is 1. The fraction of sp³-hybridized carbons (Fsp3) is 0.889. The Morgan fingerprint density at radius 3 is 2.52 bits per heavy atom. The fourth-order valence-electron chi connectivity index (χ4n) is 6.04. The zero-order valence-electron chi connectivity index (χ0n) is 14.0. The van der Waals surface area contributed by atoms with Gasteiger partial charge in [-0.3, -0.25) is 4.79 Å². The minimum absolute atomic E-state index is 0.0822. The van der Waals surface area contributed by atoms with Crippen LogP contribution in [0.5, 0.6) is 0 Å². The molecule has 2 amide bonds. The van der Waals surface area contributed by atoms with Gasteiger partial charge in [0.05, 0.1) is 5.92 Å². The number of nitrogens with zero attached hydrogens (tertiary/aromatic N) is 1. The third-order valence-corrected chi connectivity index (χ3v) is 7.46. The van der Waals surface area contributed by atoms with Crippen LogP contribution in [-0.4, -0.2) is 41.1 Å². The number of amides is 2. The summed E-state index contributed by atoms with van der Waals surface area (Å²) in [5.74, 6) is 1.46. The van der Waals surface area contributed by atoms with E-state index < -0.39 is 5.97 Å². The molecule has 0 aromatic heterocycles. The Kier molecular flexibility index (Phi) is 3.58. The van der Waals surface area contributed by atoms with E-state index in [0.717, 1.165) is 37.8 Å². The molecule has 1 saturated heterocycles. The van der Waals surface area contributed by atoms with Gasteiger partial charge in [-0.2, -0.15) is 0 Å². The summed E-state index contributed by atoms with van der Waals surface area (Å²) < 4.78 is 0. The van der Waals surface area contributed by atoms with Gasteiger partial charge in [0.2, 0.25) is 0 Å². The smallest absolute Gasteiger partial charge is 0.317 e. The number of likely N-dealkylation sites (tertiary alicyclic amines) is 1. The number of hydrogen-bond donors (Lipinski definition) is 2. The van der Waals surface area contributed by atoms with Crippen LogP contribution in [0.1, 0.15) is 51.9 Å². The summed E-state index contributed by atoms with van der Waals surface area (Å²) in [5, 5.41) is 12.2. The second kappa shape index (κ2) is 5.38. The number of urea groups is 1. The lowest BCUT2D eigenvalue weighted by Gasteiger charge is -2.34. The third-order valence-electron chi connectivity index (χ3n) is 7.46. The van der Waals surface area contributed by atoms with Gasteiger partial charge < -0.3 is 15.3 Å². The summed E-state index contributed by atoms with van der Waals surface area (Å²) in [7, 11) is 0. The van der Waals surface area contributed by atoms with Gasteiger partial charge >= 0.3 is 12.0 Å². The molecule has 1 unspecified atom stereocenters. The van der Waals surface area contributed by atoms with Crippen LogP contribution < -0.4 is 5.32 Å². The van der Waals surface area contributed by atoms with Crippen molar-refractivity contribution in [2.75, 3.05) is 13.1 Å².